The van der Waals surface area contributed by atoms with Gasteiger partial charge in [-0.2, -0.15) is 4.37 Å². The Morgan fingerprint density at radius 1 is 1.44 bits per heavy atom. The Hall–Kier alpha value is -0.970. The molecule has 1 atom stereocenters. The lowest BCUT2D eigenvalue weighted by Gasteiger charge is -2.25. The van der Waals surface area contributed by atoms with Crippen molar-refractivity contribution in [1.82, 2.24) is 4.37 Å². The summed E-state index contributed by atoms with van der Waals surface area (Å²) in [6, 6.07) is 0.453. The van der Waals surface area contributed by atoms with Crippen LogP contribution in [0.3, 0.4) is 0 Å². The van der Waals surface area contributed by atoms with Crippen molar-refractivity contribution < 1.29 is 4.74 Å². The summed E-state index contributed by atoms with van der Waals surface area (Å²) in [5.74, 6) is 1.21. The van der Waals surface area contributed by atoms with Crippen LogP contribution in [-0.2, 0) is 0 Å². The van der Waals surface area contributed by atoms with Gasteiger partial charge < -0.3 is 15.4 Å². The first-order valence-electron chi connectivity index (χ1n) is 5.62. The van der Waals surface area contributed by atoms with Crippen molar-refractivity contribution in [2.24, 2.45) is 0 Å². The number of hydrogen-bond donors (Lipinski definition) is 1. The van der Waals surface area contributed by atoms with Crippen molar-refractivity contribution >= 4 is 22.4 Å². The van der Waals surface area contributed by atoms with Crippen LogP contribution in [0.25, 0.3) is 0 Å². The zero-order valence-corrected chi connectivity index (χ0v) is 11.5. The maximum Gasteiger partial charge on any atom is 0.198 e. The van der Waals surface area contributed by atoms with Crippen molar-refractivity contribution in [2.75, 3.05) is 17.7 Å². The highest BCUT2D eigenvalue weighted by Crippen LogP contribution is 2.39. The second kappa shape index (κ2) is 5.39. The zero-order chi connectivity index (χ0) is 12.3. The fraction of sp³-hybridized carbons (Fsp3) is 0.727. The minimum atomic E-state index is 0.114. The number of aromatic nitrogens is 1. The van der Waals surface area contributed by atoms with Crippen molar-refractivity contribution in [3.8, 4) is 5.75 Å². The Kier molecular flexibility index (Phi) is 4.41. The van der Waals surface area contributed by atoms with Gasteiger partial charge in [0.1, 0.15) is 0 Å². The van der Waals surface area contributed by atoms with Gasteiger partial charge >= 0.3 is 0 Å². The first-order chi connectivity index (χ1) is 7.47. The Labute approximate surface area is 102 Å². The van der Waals surface area contributed by atoms with Gasteiger partial charge in [-0.15, -0.1) is 0 Å². The van der Waals surface area contributed by atoms with Crippen LogP contribution in [0.4, 0.5) is 10.8 Å². The van der Waals surface area contributed by atoms with Gasteiger partial charge in [-0.3, -0.25) is 0 Å². The number of anilines is 2. The smallest absolute Gasteiger partial charge is 0.198 e. The van der Waals surface area contributed by atoms with Crippen LogP contribution in [0.15, 0.2) is 0 Å². The molecule has 1 unspecified atom stereocenters. The summed E-state index contributed by atoms with van der Waals surface area (Å²) in [4.78, 5) is 2.17. The van der Waals surface area contributed by atoms with Crippen molar-refractivity contribution in [3.05, 3.63) is 0 Å². The van der Waals surface area contributed by atoms with Crippen LogP contribution >= 0.6 is 11.5 Å². The van der Waals surface area contributed by atoms with Crippen LogP contribution in [0.5, 0.6) is 5.75 Å². The van der Waals surface area contributed by atoms with E-state index in [0.29, 0.717) is 11.9 Å². The van der Waals surface area contributed by atoms with E-state index in [-0.39, 0.29) is 6.10 Å². The molecule has 1 rings (SSSR count). The molecular weight excluding hydrogens is 222 g/mol. The Morgan fingerprint density at radius 2 is 2.06 bits per heavy atom. The fourth-order valence-corrected chi connectivity index (χ4v) is 2.14. The topological polar surface area (TPSA) is 51.4 Å². The van der Waals surface area contributed by atoms with Crippen LogP contribution in [-0.4, -0.2) is 23.6 Å². The molecule has 0 bridgehead atoms. The minimum Gasteiger partial charge on any atom is -0.484 e. The molecule has 2 N–H and O–H groups in total. The predicted molar refractivity (Wildman–Crippen MR) is 70.4 cm³/mol. The summed E-state index contributed by atoms with van der Waals surface area (Å²) in [6.45, 7) is 8.32. The molecule has 0 saturated heterocycles. The molecule has 0 fully saturated rings. The van der Waals surface area contributed by atoms with Gasteiger partial charge in [0.05, 0.1) is 6.10 Å². The van der Waals surface area contributed by atoms with Crippen molar-refractivity contribution in [3.63, 3.8) is 0 Å². The lowest BCUT2D eigenvalue weighted by Crippen LogP contribution is -2.27. The summed E-state index contributed by atoms with van der Waals surface area (Å²) in [6.07, 6.45) is 1.19. The standard InChI is InChI=1S/C11H21N3OS/c1-6-8(4)14(5)11-9(15-7(2)3)10(12)13-16-11/h7-8H,6H2,1-5H3,(H2,12,13). The molecule has 0 aliphatic carbocycles. The van der Waals surface area contributed by atoms with Gasteiger partial charge in [-0.1, -0.05) is 6.92 Å². The summed E-state index contributed by atoms with van der Waals surface area (Å²) in [7, 11) is 2.05. The highest BCUT2D eigenvalue weighted by molar-refractivity contribution is 7.11. The molecule has 0 aliphatic heterocycles. The van der Waals surface area contributed by atoms with Gasteiger partial charge in [0.15, 0.2) is 16.6 Å². The number of hydrogen-bond acceptors (Lipinski definition) is 5. The molecule has 1 aromatic rings. The van der Waals surface area contributed by atoms with E-state index in [1.807, 2.05) is 20.9 Å². The maximum atomic E-state index is 5.82. The second-order valence-electron chi connectivity index (χ2n) is 4.24. The summed E-state index contributed by atoms with van der Waals surface area (Å²) < 4.78 is 9.87. The normalized spacial score (nSPS) is 12.9. The maximum absolute atomic E-state index is 5.82. The van der Waals surface area contributed by atoms with Gasteiger partial charge in [-0.05, 0) is 38.7 Å². The van der Waals surface area contributed by atoms with E-state index in [4.69, 9.17) is 10.5 Å². The van der Waals surface area contributed by atoms with Crippen LogP contribution < -0.4 is 15.4 Å². The molecule has 4 nitrogen and oxygen atoms in total. The molecule has 5 heteroatoms. The fourth-order valence-electron chi connectivity index (χ4n) is 1.33. The van der Waals surface area contributed by atoms with Gasteiger partial charge in [0.25, 0.3) is 0 Å². The molecule has 0 amide bonds. The van der Waals surface area contributed by atoms with Crippen LogP contribution in [0.1, 0.15) is 34.1 Å². The highest BCUT2D eigenvalue weighted by Gasteiger charge is 2.20. The molecule has 0 spiro atoms. The SMILES string of the molecule is CCC(C)N(C)c1snc(N)c1OC(C)C. The molecule has 0 aliphatic rings. The number of ether oxygens (including phenoxy) is 1. The second-order valence-corrected chi connectivity index (χ2v) is 4.99. The van der Waals surface area contributed by atoms with Crippen LogP contribution in [0, 0.1) is 0 Å². The molecule has 16 heavy (non-hydrogen) atoms. The Morgan fingerprint density at radius 3 is 2.56 bits per heavy atom. The predicted octanol–water partition coefficient (Wildman–Crippen LogP) is 2.75. The van der Waals surface area contributed by atoms with E-state index in [9.17, 15) is 0 Å². The number of rotatable bonds is 5. The minimum absolute atomic E-state index is 0.114. The molecule has 0 radical (unpaired) electrons. The average Bonchev–Trinajstić information content (AvgIpc) is 2.58. The van der Waals surface area contributed by atoms with E-state index in [0.717, 1.165) is 17.2 Å². The van der Waals surface area contributed by atoms with Crippen molar-refractivity contribution in [2.45, 2.75) is 46.3 Å². The van der Waals surface area contributed by atoms with E-state index in [1.54, 1.807) is 0 Å². The summed E-state index contributed by atoms with van der Waals surface area (Å²) >= 11 is 1.40. The largest absolute Gasteiger partial charge is 0.484 e. The first kappa shape index (κ1) is 13.1. The molecule has 1 aromatic heterocycles. The lowest BCUT2D eigenvalue weighted by atomic mass is 10.2. The number of nitrogens with two attached hydrogens (primary N) is 1. The first-order valence-corrected chi connectivity index (χ1v) is 6.39. The van der Waals surface area contributed by atoms with Gasteiger partial charge in [0.2, 0.25) is 0 Å². The van der Waals surface area contributed by atoms with Crippen molar-refractivity contribution in [1.29, 1.82) is 0 Å². The molecule has 92 valence electrons. The molecule has 1 heterocycles. The van der Waals surface area contributed by atoms with Crippen LogP contribution in [0.2, 0.25) is 0 Å². The average molecular weight is 243 g/mol. The molecule has 0 saturated carbocycles. The summed E-state index contributed by atoms with van der Waals surface area (Å²) in [5.41, 5.74) is 5.82. The van der Waals surface area contributed by atoms with E-state index >= 15 is 0 Å². The third kappa shape index (κ3) is 2.78. The lowest BCUT2D eigenvalue weighted by molar-refractivity contribution is 0.244. The number of nitrogens with zero attached hydrogens (tertiary/aromatic N) is 2. The monoisotopic (exact) mass is 243 g/mol. The van der Waals surface area contributed by atoms with E-state index in [1.165, 1.54) is 11.5 Å². The Bertz CT molecular complexity index is 338. The van der Waals surface area contributed by atoms with E-state index < -0.39 is 0 Å². The Balaban J connectivity index is 2.95. The summed E-state index contributed by atoms with van der Waals surface area (Å²) in [5, 5.41) is 1.01. The van der Waals surface area contributed by atoms with Gasteiger partial charge in [0, 0.05) is 13.1 Å². The third-order valence-electron chi connectivity index (χ3n) is 2.58. The van der Waals surface area contributed by atoms with Gasteiger partial charge in [-0.25, -0.2) is 0 Å². The third-order valence-corrected chi connectivity index (χ3v) is 3.52. The molecule has 0 aromatic carbocycles. The molecular formula is C11H21N3OS. The quantitative estimate of drug-likeness (QED) is 0.864. The number of nitrogen functional groups attached to an aromatic ring is 1. The zero-order valence-electron chi connectivity index (χ0n) is 10.7. The highest BCUT2D eigenvalue weighted by atomic mass is 32.1. The van der Waals surface area contributed by atoms with E-state index in [2.05, 4.69) is 23.1 Å².